The van der Waals surface area contributed by atoms with E-state index in [-0.39, 0.29) is 17.7 Å². The average molecular weight is 1830 g/mol. The largest absolute Gasteiger partial charge is 0.371 e. The molecular weight excluding hydrogens is 1650 g/mol. The second-order valence-electron chi connectivity index (χ2n) is 44.0. The van der Waals surface area contributed by atoms with Crippen molar-refractivity contribution in [2.75, 3.05) is 212 Å². The fraction of sp³-hybridized carbons (Fsp3) is 0.632. The number of likely N-dealkylation sites (tertiary alicyclic amines) is 2. The maximum absolute atomic E-state index is 13.3. The minimum absolute atomic E-state index is 0.00895. The monoisotopic (exact) mass is 1830 g/mol. The molecule has 0 bridgehead atoms. The predicted octanol–water partition coefficient (Wildman–Crippen LogP) is 22.2. The van der Waals surface area contributed by atoms with E-state index in [2.05, 4.69) is 359 Å². The van der Waals surface area contributed by atoms with Gasteiger partial charge in [0.1, 0.15) is 0 Å². The molecule has 6 aromatic rings. The summed E-state index contributed by atoms with van der Waals surface area (Å²) in [6.07, 6.45) is 29.2. The molecule has 2 amide bonds. The summed E-state index contributed by atoms with van der Waals surface area (Å²) >= 11 is 0. The summed E-state index contributed by atoms with van der Waals surface area (Å²) in [6.45, 7) is 51.9. The predicted molar refractivity (Wildman–Crippen MR) is 575 cm³/mol. The molecule has 17 nitrogen and oxygen atoms in total. The molecule has 6 aromatic carbocycles. The third kappa shape index (κ3) is 31.0. The molecule has 9 aliphatic rings. The molecule has 0 aromatic heterocycles. The van der Waals surface area contributed by atoms with Crippen LogP contribution in [0.1, 0.15) is 317 Å². The number of carbonyl (C=O) groups excluding carboxylic acids is 3. The van der Waals surface area contributed by atoms with E-state index < -0.39 is 0 Å². The van der Waals surface area contributed by atoms with Crippen LogP contribution in [0.4, 0.5) is 34.1 Å². The fourth-order valence-electron chi connectivity index (χ4n) is 21.3. The number of anilines is 6. The van der Waals surface area contributed by atoms with Crippen LogP contribution in [-0.4, -0.2) is 264 Å². The number of ketones is 1. The lowest BCUT2D eigenvalue weighted by molar-refractivity contribution is -0.114. The van der Waals surface area contributed by atoms with Crippen LogP contribution < -0.4 is 35.1 Å². The number of Topliss-reactive ketones (excluding diaryl/α,β-unsaturated/α-hetero) is 1. The van der Waals surface area contributed by atoms with Crippen molar-refractivity contribution < 1.29 is 14.4 Å². The van der Waals surface area contributed by atoms with Crippen molar-refractivity contribution >= 4 is 51.7 Å². The molecule has 8 saturated heterocycles. The smallest absolute Gasteiger partial charge is 0.255 e. The highest BCUT2D eigenvalue weighted by Gasteiger charge is 2.36. The lowest BCUT2D eigenvalue weighted by Gasteiger charge is -2.37. The van der Waals surface area contributed by atoms with Crippen molar-refractivity contribution in [3.63, 3.8) is 0 Å². The first kappa shape index (κ1) is 108. The summed E-state index contributed by atoms with van der Waals surface area (Å²) in [7, 11) is 24.0. The van der Waals surface area contributed by atoms with Crippen molar-refractivity contribution in [3.05, 3.63) is 189 Å². The second kappa shape index (κ2) is 52.1. The topological polar surface area (TPSA) is 114 Å². The van der Waals surface area contributed by atoms with Crippen LogP contribution in [0, 0.1) is 30.1 Å². The average Bonchev–Trinajstić information content (AvgIpc) is 1.16. The van der Waals surface area contributed by atoms with Gasteiger partial charge in [0.25, 0.3) is 5.91 Å². The van der Waals surface area contributed by atoms with E-state index >= 15 is 0 Å². The molecule has 17 heteroatoms. The number of nitrogens with one attached hydrogen (secondary N) is 2. The van der Waals surface area contributed by atoms with Crippen LogP contribution in [0.2, 0.25) is 0 Å². The highest BCUT2D eigenvalue weighted by Crippen LogP contribution is 2.41. The summed E-state index contributed by atoms with van der Waals surface area (Å²) in [5, 5.41) is 6.51. The van der Waals surface area contributed by atoms with Gasteiger partial charge in [-0.15, -0.1) is 13.0 Å². The zero-order valence-corrected chi connectivity index (χ0v) is 88.5. The Kier molecular flexibility index (Phi) is 42.0. The van der Waals surface area contributed by atoms with Crippen LogP contribution >= 0.6 is 0 Å². The van der Waals surface area contributed by atoms with Crippen molar-refractivity contribution in [1.82, 2.24) is 39.6 Å². The standard InChI is InChI=1S/C22H35N3O.C20H30N2O.C20H32N2.C19H30N2.C18H29N3O.C18H26N2/c1-16(2)18-6-7-21(24-12-9-19(10-13-24)23(4)5)20(14-18)22(26)25-11-8-17(3)15-25;1-14(2)16-7-8-19(18(13-16)20(23)15-5-6-15)22-11-9-17(10-12-22)21(3)4;1-15(2)18-4-5-20(17-6-9-21-10-7-17)19(13-18)12-16-8-11-22(3)14-16;1-6-7-17-14-16(15(2)3)8-9-19(17)21-12-10-18(11-13-21)20(4)5;1-13(2)15-6-7-18(17(12-15)19-14(3)22)21-10-8-16(9-11-21)20(4)5;1-6-15-13-16(14(2)3)7-8-18(15)20-11-9-17(10-12-20)19(4)5/h6-7,14,16-17,19H,8-13,15H2,1-5H3;7-8,13-15,17H,5-6,9-12H2,1-4H3;4-5,13,15-17,21H,6-12,14H2,1-3H3;6,8-9,14-15,18H,1,7,10-13H2,2-5H3;6-7,12-13,16H,8-11H2,1-5H3,(H,19,22);1,7-8,13-14,17H,9-12H2,2-5H3. The number of hydrogen-bond acceptors (Lipinski definition) is 15. The minimum Gasteiger partial charge on any atom is -0.371 e. The number of carbonyl (C=O) groups is 3. The molecule has 134 heavy (non-hydrogen) atoms. The molecule has 9 fully saturated rings. The van der Waals surface area contributed by atoms with Crippen molar-refractivity contribution in [2.45, 2.75) is 284 Å². The van der Waals surface area contributed by atoms with Gasteiger partial charge >= 0.3 is 0 Å². The fourth-order valence-corrected chi connectivity index (χ4v) is 21.3. The van der Waals surface area contributed by atoms with Crippen LogP contribution in [0.3, 0.4) is 0 Å². The van der Waals surface area contributed by atoms with Gasteiger partial charge in [0.15, 0.2) is 5.78 Å². The molecule has 738 valence electrons. The zero-order chi connectivity index (χ0) is 97.3. The molecule has 0 radical (unpaired) electrons. The normalized spacial score (nSPS) is 19.4. The molecule has 2 atom stereocenters. The Morgan fingerprint density at radius 3 is 1.18 bits per heavy atom. The van der Waals surface area contributed by atoms with Crippen LogP contribution in [-0.2, 0) is 17.6 Å². The Morgan fingerprint density at radius 2 is 0.791 bits per heavy atom. The molecule has 1 aliphatic carbocycles. The molecule has 0 spiro atoms. The quantitative estimate of drug-likeness (QED) is 0.0322. The summed E-state index contributed by atoms with van der Waals surface area (Å²) in [6, 6.07) is 44.0. The Bertz CT molecular complexity index is 4670. The maximum Gasteiger partial charge on any atom is 0.255 e. The van der Waals surface area contributed by atoms with Gasteiger partial charge in [-0.25, -0.2) is 0 Å². The number of amides is 2. The first-order chi connectivity index (χ1) is 63.9. The number of rotatable bonds is 25. The Hall–Kier alpha value is -8.05. The minimum atomic E-state index is -0.00895. The van der Waals surface area contributed by atoms with Crippen LogP contribution in [0.15, 0.2) is 122 Å². The molecule has 2 unspecified atom stereocenters. The molecular formula is C117H182N14O3. The van der Waals surface area contributed by atoms with E-state index in [4.69, 9.17) is 6.42 Å². The van der Waals surface area contributed by atoms with Gasteiger partial charge in [0.05, 0.1) is 22.6 Å². The highest BCUT2D eigenvalue weighted by atomic mass is 16.2. The van der Waals surface area contributed by atoms with Crippen molar-refractivity contribution in [3.8, 4) is 12.3 Å². The molecule has 8 heterocycles. The third-order valence-corrected chi connectivity index (χ3v) is 30.8. The first-order valence-electron chi connectivity index (χ1n) is 52.4. The summed E-state index contributed by atoms with van der Waals surface area (Å²) in [4.78, 5) is 66.1. The molecule has 2 N–H and O–H groups in total. The van der Waals surface area contributed by atoms with E-state index in [1.165, 1.54) is 159 Å². The number of piperidine rings is 6. The number of terminal acetylenes is 1. The van der Waals surface area contributed by atoms with E-state index in [9.17, 15) is 14.4 Å². The van der Waals surface area contributed by atoms with Gasteiger partial charge in [0.2, 0.25) is 5.91 Å². The second-order valence-corrected chi connectivity index (χ2v) is 44.0. The summed E-state index contributed by atoms with van der Waals surface area (Å²) in [5.74, 6) is 9.10. The SMILES string of the molecule is C#Cc1cc(C(C)C)ccc1N1CCC(N(C)C)CC1.C=CCc1cc(C(C)C)ccc1N1CCC(N(C)C)CC1.CC(=O)Nc1cc(C(C)C)ccc1N1CCC(N(C)C)CC1.CC(C)c1ccc(C2CCNCC2)c(CC2CCN(C)C2)c1.CC(C)c1ccc(N2CCC(N(C)C)CC2)c(C(=O)C2CC2)c1.CC1CCN(C(=O)c2cc(C(C)C)ccc2N2CCC(N(C)C)CC2)C1. The number of allylic oxidation sites excluding steroid dienone is 1. The number of hydrogen-bond donors (Lipinski definition) is 2. The van der Waals surface area contributed by atoms with Gasteiger partial charge in [-0.05, 0) is 371 Å². The van der Waals surface area contributed by atoms with Crippen molar-refractivity contribution in [1.29, 1.82) is 0 Å². The van der Waals surface area contributed by atoms with Crippen LogP contribution in [0.25, 0.3) is 0 Å². The third-order valence-electron chi connectivity index (χ3n) is 30.8. The van der Waals surface area contributed by atoms with Gasteiger partial charge in [0, 0.05) is 156 Å². The number of nitrogens with zero attached hydrogens (tertiary/aromatic N) is 12. The number of benzene rings is 6. The van der Waals surface area contributed by atoms with Gasteiger partial charge in [-0.3, -0.25) is 14.4 Å². The zero-order valence-electron chi connectivity index (χ0n) is 88.5. The maximum atomic E-state index is 13.3. The summed E-state index contributed by atoms with van der Waals surface area (Å²) in [5.41, 5.74) is 22.8. The molecule has 8 aliphatic heterocycles. The van der Waals surface area contributed by atoms with Gasteiger partial charge < -0.3 is 69.4 Å². The molecule has 1 saturated carbocycles. The Labute approximate surface area is 815 Å². The Morgan fingerprint density at radius 1 is 0.425 bits per heavy atom. The highest BCUT2D eigenvalue weighted by molar-refractivity contribution is 6.04. The van der Waals surface area contributed by atoms with Crippen LogP contribution in [0.5, 0.6) is 0 Å². The van der Waals surface area contributed by atoms with E-state index in [0.29, 0.717) is 71.4 Å². The lowest BCUT2D eigenvalue weighted by atomic mass is 9.82. The Balaban J connectivity index is 0.000000167. The van der Waals surface area contributed by atoms with E-state index in [0.717, 1.165) is 169 Å². The molecule has 15 rings (SSSR count). The lowest BCUT2D eigenvalue weighted by Crippen LogP contribution is -2.42. The van der Waals surface area contributed by atoms with Gasteiger partial charge in [-0.1, -0.05) is 157 Å². The van der Waals surface area contributed by atoms with E-state index in [1.54, 1.807) is 18.1 Å². The first-order valence-corrected chi connectivity index (χ1v) is 52.4. The van der Waals surface area contributed by atoms with E-state index in [1.807, 2.05) is 6.08 Å². The van der Waals surface area contributed by atoms with Crippen molar-refractivity contribution in [2.24, 2.45) is 17.8 Å². The van der Waals surface area contributed by atoms with Gasteiger partial charge in [-0.2, -0.15) is 0 Å². The summed E-state index contributed by atoms with van der Waals surface area (Å²) < 4.78 is 0.